The van der Waals surface area contributed by atoms with Crippen molar-refractivity contribution < 1.29 is 13.5 Å². The van der Waals surface area contributed by atoms with Crippen LogP contribution in [0.15, 0.2) is 60.7 Å². The van der Waals surface area contributed by atoms with E-state index in [0.29, 0.717) is 11.8 Å². The highest BCUT2D eigenvalue weighted by Crippen LogP contribution is 2.36. The molecule has 0 N–H and O–H groups in total. The molecule has 3 rings (SSSR count). The predicted octanol–water partition coefficient (Wildman–Crippen LogP) is 6.73. The molecule has 1 saturated carbocycles. The van der Waals surface area contributed by atoms with Crippen molar-refractivity contribution in [1.82, 2.24) is 0 Å². The molecule has 0 heterocycles. The van der Waals surface area contributed by atoms with Crippen molar-refractivity contribution in [3.8, 4) is 17.6 Å². The van der Waals surface area contributed by atoms with Crippen LogP contribution in [0.4, 0.5) is 8.78 Å². The zero-order valence-corrected chi connectivity index (χ0v) is 16.2. The van der Waals surface area contributed by atoms with Gasteiger partial charge in [-0.25, -0.2) is 0 Å². The first-order chi connectivity index (χ1) is 13.6. The summed E-state index contributed by atoms with van der Waals surface area (Å²) in [7, 11) is 0. The van der Waals surface area contributed by atoms with Gasteiger partial charge in [0.25, 0.3) is 0 Å². The lowest BCUT2D eigenvalue weighted by Crippen LogP contribution is -2.11. The Hall–Kier alpha value is -2.60. The molecular weight excluding hydrogens is 354 g/mol. The van der Waals surface area contributed by atoms with Crippen molar-refractivity contribution in [2.45, 2.75) is 51.6 Å². The standard InChI is InChI=1S/C25H26F2O/c1-2-19-7-13-22(14-8-19)23-15-9-20(10-16-23)5-3-4-6-21-11-17-24(18-12-21)28-25(26)27/h3,5,7-8,11-14,17-18,20,23,25H,2,9-10,15-16H2,1H3/b5-3+. The molecule has 0 radical (unpaired) electrons. The third-order valence-corrected chi connectivity index (χ3v) is 5.38. The second-order valence-electron chi connectivity index (χ2n) is 7.24. The van der Waals surface area contributed by atoms with Gasteiger partial charge in [0, 0.05) is 5.56 Å². The van der Waals surface area contributed by atoms with Crippen LogP contribution in [0.5, 0.6) is 5.75 Å². The highest BCUT2D eigenvalue weighted by atomic mass is 19.3. The summed E-state index contributed by atoms with van der Waals surface area (Å²) in [5.74, 6) is 7.49. The molecule has 0 unspecified atom stereocenters. The lowest BCUT2D eigenvalue weighted by Gasteiger charge is -2.27. The first kappa shape index (κ1) is 20.1. The Labute approximate surface area is 166 Å². The summed E-state index contributed by atoms with van der Waals surface area (Å²) in [6.07, 6.45) is 10.0. The number of halogens is 2. The number of benzene rings is 2. The maximum atomic E-state index is 12.1. The third kappa shape index (κ3) is 5.96. The van der Waals surface area contributed by atoms with E-state index in [0.717, 1.165) is 12.0 Å². The van der Waals surface area contributed by atoms with E-state index in [2.05, 4.69) is 53.8 Å². The molecular formula is C25H26F2O. The second kappa shape index (κ2) is 10.1. The molecule has 0 saturated heterocycles. The van der Waals surface area contributed by atoms with Gasteiger partial charge in [-0.1, -0.05) is 49.1 Å². The van der Waals surface area contributed by atoms with E-state index in [1.165, 1.54) is 48.9 Å². The predicted molar refractivity (Wildman–Crippen MR) is 110 cm³/mol. The second-order valence-corrected chi connectivity index (χ2v) is 7.24. The number of hydrogen-bond donors (Lipinski definition) is 0. The first-order valence-electron chi connectivity index (χ1n) is 9.96. The van der Waals surface area contributed by atoms with Crippen molar-refractivity contribution in [3.63, 3.8) is 0 Å². The van der Waals surface area contributed by atoms with Crippen LogP contribution in [0.3, 0.4) is 0 Å². The van der Waals surface area contributed by atoms with Gasteiger partial charge in [-0.05, 0) is 85.4 Å². The van der Waals surface area contributed by atoms with Crippen LogP contribution < -0.4 is 4.74 Å². The molecule has 0 aliphatic heterocycles. The van der Waals surface area contributed by atoms with Crippen LogP contribution >= 0.6 is 0 Å². The molecule has 3 heteroatoms. The third-order valence-electron chi connectivity index (χ3n) is 5.38. The Morgan fingerprint density at radius 1 is 1.00 bits per heavy atom. The summed E-state index contributed by atoms with van der Waals surface area (Å²) in [5, 5.41) is 0. The van der Waals surface area contributed by atoms with Crippen LogP contribution in [0.25, 0.3) is 0 Å². The van der Waals surface area contributed by atoms with Crippen LogP contribution in [0, 0.1) is 17.8 Å². The molecule has 0 spiro atoms. The van der Waals surface area contributed by atoms with Gasteiger partial charge in [0.1, 0.15) is 5.75 Å². The molecule has 2 aromatic carbocycles. The fourth-order valence-corrected chi connectivity index (χ4v) is 3.70. The fraction of sp³-hybridized carbons (Fsp3) is 0.360. The zero-order valence-electron chi connectivity index (χ0n) is 16.2. The number of rotatable bonds is 5. The van der Waals surface area contributed by atoms with Gasteiger partial charge in [0.15, 0.2) is 0 Å². The van der Waals surface area contributed by atoms with E-state index in [9.17, 15) is 8.78 Å². The van der Waals surface area contributed by atoms with E-state index < -0.39 is 6.61 Å². The maximum absolute atomic E-state index is 12.1. The van der Waals surface area contributed by atoms with Crippen LogP contribution in [-0.2, 0) is 6.42 Å². The normalized spacial score (nSPS) is 19.4. The lowest BCUT2D eigenvalue weighted by atomic mass is 9.78. The molecule has 28 heavy (non-hydrogen) atoms. The van der Waals surface area contributed by atoms with Crippen LogP contribution in [0.1, 0.15) is 55.2 Å². The summed E-state index contributed by atoms with van der Waals surface area (Å²) >= 11 is 0. The van der Waals surface area contributed by atoms with E-state index in [1.54, 1.807) is 12.1 Å². The minimum atomic E-state index is -2.80. The molecule has 1 fully saturated rings. The summed E-state index contributed by atoms with van der Waals surface area (Å²) in [6, 6.07) is 15.5. The lowest BCUT2D eigenvalue weighted by molar-refractivity contribution is -0.0498. The number of alkyl halides is 2. The number of ether oxygens (including phenoxy) is 1. The van der Waals surface area contributed by atoms with Crippen molar-refractivity contribution in [2.75, 3.05) is 0 Å². The molecule has 0 atom stereocenters. The van der Waals surface area contributed by atoms with Crippen molar-refractivity contribution >= 4 is 0 Å². The molecule has 1 nitrogen and oxygen atoms in total. The van der Waals surface area contributed by atoms with Crippen molar-refractivity contribution in [3.05, 3.63) is 77.4 Å². The smallest absolute Gasteiger partial charge is 0.387 e. The maximum Gasteiger partial charge on any atom is 0.387 e. The SMILES string of the molecule is CCc1ccc(C2CCC(/C=C/C#Cc3ccc(OC(F)F)cc3)CC2)cc1. The van der Waals surface area contributed by atoms with E-state index >= 15 is 0 Å². The molecule has 1 aliphatic carbocycles. The Kier molecular flexibility index (Phi) is 7.25. The highest BCUT2D eigenvalue weighted by Gasteiger charge is 2.20. The molecule has 146 valence electrons. The van der Waals surface area contributed by atoms with Gasteiger partial charge in [0.2, 0.25) is 0 Å². The van der Waals surface area contributed by atoms with Crippen LogP contribution in [0.2, 0.25) is 0 Å². The van der Waals surface area contributed by atoms with Crippen molar-refractivity contribution in [1.29, 1.82) is 0 Å². The highest BCUT2D eigenvalue weighted by molar-refractivity contribution is 5.40. The fourth-order valence-electron chi connectivity index (χ4n) is 3.70. The van der Waals surface area contributed by atoms with Crippen molar-refractivity contribution in [2.24, 2.45) is 5.92 Å². The number of aryl methyl sites for hydroxylation is 1. The Bertz CT molecular complexity index is 818. The Morgan fingerprint density at radius 3 is 2.29 bits per heavy atom. The quantitative estimate of drug-likeness (QED) is 0.522. The number of allylic oxidation sites excluding steroid dienone is 2. The molecule has 2 aromatic rings. The minimum Gasteiger partial charge on any atom is -0.435 e. The van der Waals surface area contributed by atoms with E-state index in [4.69, 9.17) is 0 Å². The van der Waals surface area contributed by atoms with Gasteiger partial charge >= 0.3 is 6.61 Å². The van der Waals surface area contributed by atoms with E-state index in [-0.39, 0.29) is 5.75 Å². The monoisotopic (exact) mass is 380 g/mol. The van der Waals surface area contributed by atoms with Crippen LogP contribution in [-0.4, -0.2) is 6.61 Å². The molecule has 0 amide bonds. The van der Waals surface area contributed by atoms with Gasteiger partial charge in [-0.3, -0.25) is 0 Å². The minimum absolute atomic E-state index is 0.150. The average Bonchev–Trinajstić information content (AvgIpc) is 2.72. The molecule has 0 bridgehead atoms. The topological polar surface area (TPSA) is 9.23 Å². The number of hydrogen-bond acceptors (Lipinski definition) is 1. The summed E-state index contributed by atoms with van der Waals surface area (Å²) in [6.45, 7) is -0.613. The first-order valence-corrected chi connectivity index (χ1v) is 9.96. The Balaban J connectivity index is 1.47. The van der Waals surface area contributed by atoms with Gasteiger partial charge in [-0.2, -0.15) is 8.78 Å². The average molecular weight is 380 g/mol. The van der Waals surface area contributed by atoms with Gasteiger partial charge < -0.3 is 4.74 Å². The van der Waals surface area contributed by atoms with Gasteiger partial charge in [-0.15, -0.1) is 0 Å². The summed E-state index contributed by atoms with van der Waals surface area (Å²) in [5.41, 5.74) is 3.65. The van der Waals surface area contributed by atoms with E-state index in [1.807, 2.05) is 6.08 Å². The molecule has 1 aliphatic rings. The largest absolute Gasteiger partial charge is 0.435 e. The summed E-state index contributed by atoms with van der Waals surface area (Å²) in [4.78, 5) is 0. The molecule has 0 aromatic heterocycles. The summed E-state index contributed by atoms with van der Waals surface area (Å²) < 4.78 is 28.6. The Morgan fingerprint density at radius 2 is 1.68 bits per heavy atom. The van der Waals surface area contributed by atoms with Gasteiger partial charge in [0.05, 0.1) is 0 Å². The zero-order chi connectivity index (χ0) is 19.8.